The highest BCUT2D eigenvalue weighted by Gasteiger charge is 2.23. The fourth-order valence-corrected chi connectivity index (χ4v) is 2.12. The van der Waals surface area contributed by atoms with E-state index < -0.39 is 0 Å². The molecule has 0 bridgehead atoms. The summed E-state index contributed by atoms with van der Waals surface area (Å²) in [5, 5.41) is 0. The van der Waals surface area contributed by atoms with E-state index in [1.165, 1.54) is 17.5 Å². The van der Waals surface area contributed by atoms with Crippen LogP contribution < -0.4 is 0 Å². The van der Waals surface area contributed by atoms with E-state index in [0.717, 1.165) is 13.1 Å². The van der Waals surface area contributed by atoms with E-state index in [2.05, 4.69) is 77.6 Å². The number of benzene rings is 1. The van der Waals surface area contributed by atoms with E-state index in [1.807, 2.05) is 0 Å². The minimum atomic E-state index is 0.216. The van der Waals surface area contributed by atoms with Crippen molar-refractivity contribution < 1.29 is 0 Å². The van der Waals surface area contributed by atoms with Crippen molar-refractivity contribution in [2.45, 2.75) is 67.0 Å². The van der Waals surface area contributed by atoms with Gasteiger partial charge in [-0.15, -0.1) is 0 Å². The Kier molecular flexibility index (Phi) is 5.20. The normalized spacial score (nSPS) is 13.1. The van der Waals surface area contributed by atoms with Gasteiger partial charge in [-0.05, 0) is 57.2 Å². The first kappa shape index (κ1) is 16.2. The lowest BCUT2D eigenvalue weighted by molar-refractivity contribution is 0.110. The number of rotatable bonds is 4. The van der Waals surface area contributed by atoms with Gasteiger partial charge in [0.2, 0.25) is 0 Å². The first-order valence-corrected chi connectivity index (χ1v) is 7.39. The van der Waals surface area contributed by atoms with Gasteiger partial charge in [-0.3, -0.25) is 4.90 Å². The van der Waals surface area contributed by atoms with Crippen LogP contribution in [0.2, 0.25) is 0 Å². The quantitative estimate of drug-likeness (QED) is 0.734. The molecule has 0 saturated carbocycles. The summed E-state index contributed by atoms with van der Waals surface area (Å²) in [6.45, 7) is 18.3. The van der Waals surface area contributed by atoms with Crippen molar-refractivity contribution in [3.05, 3.63) is 35.4 Å². The summed E-state index contributed by atoms with van der Waals surface area (Å²) in [5.74, 6) is 0. The van der Waals surface area contributed by atoms with E-state index in [1.54, 1.807) is 0 Å². The predicted octanol–water partition coefficient (Wildman–Crippen LogP) is 5.03. The molecule has 0 heterocycles. The molecule has 0 radical (unpaired) electrons. The summed E-state index contributed by atoms with van der Waals surface area (Å²) in [4.78, 5) is 2.60. The Labute approximate surface area is 120 Å². The Morgan fingerprint density at radius 2 is 1.53 bits per heavy atom. The van der Waals surface area contributed by atoms with Crippen LogP contribution in [0.15, 0.2) is 24.3 Å². The second-order valence-electron chi connectivity index (χ2n) is 7.83. The monoisotopic (exact) mass is 261 g/mol. The molecule has 0 atom stereocenters. The summed E-state index contributed by atoms with van der Waals surface area (Å²) in [5.41, 5.74) is 3.46. The topological polar surface area (TPSA) is 3.24 Å². The number of aryl methyl sites for hydroxylation is 1. The maximum atomic E-state index is 2.60. The van der Waals surface area contributed by atoms with E-state index in [-0.39, 0.29) is 5.54 Å². The molecular formula is C18H31N. The van der Waals surface area contributed by atoms with Crippen LogP contribution in [0, 0.1) is 12.3 Å². The number of nitrogens with zero attached hydrogens (tertiary/aromatic N) is 1. The molecule has 0 aliphatic carbocycles. The van der Waals surface area contributed by atoms with E-state index >= 15 is 0 Å². The highest BCUT2D eigenvalue weighted by Crippen LogP contribution is 2.24. The molecule has 0 spiro atoms. The molecule has 0 aliphatic heterocycles. The highest BCUT2D eigenvalue weighted by molar-refractivity contribution is 5.25. The minimum absolute atomic E-state index is 0.216. The highest BCUT2D eigenvalue weighted by atomic mass is 15.2. The Morgan fingerprint density at radius 1 is 0.947 bits per heavy atom. The zero-order chi connectivity index (χ0) is 14.7. The largest absolute Gasteiger partial charge is 0.294 e. The van der Waals surface area contributed by atoms with Crippen LogP contribution in [0.3, 0.4) is 0 Å². The van der Waals surface area contributed by atoms with Crippen LogP contribution >= 0.6 is 0 Å². The lowest BCUT2D eigenvalue weighted by Gasteiger charge is -2.37. The van der Waals surface area contributed by atoms with E-state index in [0.29, 0.717) is 5.41 Å². The molecule has 1 rings (SSSR count). The van der Waals surface area contributed by atoms with Gasteiger partial charge in [0, 0.05) is 12.1 Å². The first-order chi connectivity index (χ1) is 8.59. The van der Waals surface area contributed by atoms with Crippen molar-refractivity contribution in [1.82, 2.24) is 4.90 Å². The smallest absolute Gasteiger partial charge is 0.0241 e. The molecule has 0 aliphatic rings. The van der Waals surface area contributed by atoms with Crippen LogP contribution in [0.25, 0.3) is 0 Å². The number of hydrogen-bond acceptors (Lipinski definition) is 1. The van der Waals surface area contributed by atoms with Crippen LogP contribution in [-0.4, -0.2) is 17.0 Å². The van der Waals surface area contributed by atoms with Gasteiger partial charge in [-0.2, -0.15) is 0 Å². The molecule has 0 fully saturated rings. The molecule has 1 aromatic rings. The van der Waals surface area contributed by atoms with Gasteiger partial charge < -0.3 is 0 Å². The molecule has 1 nitrogen and oxygen atoms in total. The molecular weight excluding hydrogens is 230 g/mol. The third-order valence-electron chi connectivity index (χ3n) is 3.70. The van der Waals surface area contributed by atoms with Gasteiger partial charge in [-0.1, -0.05) is 45.0 Å². The van der Waals surface area contributed by atoms with Crippen LogP contribution in [-0.2, 0) is 6.54 Å². The van der Waals surface area contributed by atoms with Gasteiger partial charge in [0.05, 0.1) is 0 Å². The van der Waals surface area contributed by atoms with Crippen molar-refractivity contribution >= 4 is 0 Å². The summed E-state index contributed by atoms with van der Waals surface area (Å²) in [7, 11) is 0. The summed E-state index contributed by atoms with van der Waals surface area (Å²) in [6, 6.07) is 8.73. The first-order valence-electron chi connectivity index (χ1n) is 7.39. The standard InChI is InChI=1S/C18H31N/c1-15-10-8-9-11-16(15)14-19(18(5,6)7)13-12-17(2,3)4/h8-11H,12-14H2,1-7H3. The molecule has 0 amide bonds. The third-order valence-corrected chi connectivity index (χ3v) is 3.70. The second kappa shape index (κ2) is 6.09. The average Bonchev–Trinajstić information content (AvgIpc) is 2.23. The minimum Gasteiger partial charge on any atom is -0.294 e. The van der Waals surface area contributed by atoms with Gasteiger partial charge in [0.1, 0.15) is 0 Å². The van der Waals surface area contributed by atoms with Crippen LogP contribution in [0.5, 0.6) is 0 Å². The van der Waals surface area contributed by atoms with Gasteiger partial charge in [0.15, 0.2) is 0 Å². The lowest BCUT2D eigenvalue weighted by Crippen LogP contribution is -2.42. The predicted molar refractivity (Wildman–Crippen MR) is 85.4 cm³/mol. The molecule has 108 valence electrons. The van der Waals surface area contributed by atoms with Crippen LogP contribution in [0.1, 0.15) is 59.1 Å². The van der Waals surface area contributed by atoms with Gasteiger partial charge in [0.25, 0.3) is 0 Å². The van der Waals surface area contributed by atoms with Crippen LogP contribution in [0.4, 0.5) is 0 Å². The molecule has 0 aromatic heterocycles. The zero-order valence-corrected chi connectivity index (χ0v) is 13.9. The Bertz CT molecular complexity index is 393. The SMILES string of the molecule is Cc1ccccc1CN(CCC(C)(C)C)C(C)(C)C. The van der Waals surface area contributed by atoms with E-state index in [9.17, 15) is 0 Å². The summed E-state index contributed by atoms with van der Waals surface area (Å²) < 4.78 is 0. The zero-order valence-electron chi connectivity index (χ0n) is 13.9. The van der Waals surface area contributed by atoms with Gasteiger partial charge >= 0.3 is 0 Å². The van der Waals surface area contributed by atoms with Crippen molar-refractivity contribution in [1.29, 1.82) is 0 Å². The molecule has 1 aromatic carbocycles. The fourth-order valence-electron chi connectivity index (χ4n) is 2.12. The number of hydrogen-bond donors (Lipinski definition) is 0. The Morgan fingerprint density at radius 3 is 2.00 bits per heavy atom. The van der Waals surface area contributed by atoms with Gasteiger partial charge in [-0.25, -0.2) is 0 Å². The maximum absolute atomic E-state index is 2.60. The summed E-state index contributed by atoms with van der Waals surface area (Å²) in [6.07, 6.45) is 1.23. The fraction of sp³-hybridized carbons (Fsp3) is 0.667. The third kappa shape index (κ3) is 5.78. The Balaban J connectivity index is 2.79. The second-order valence-corrected chi connectivity index (χ2v) is 7.83. The van der Waals surface area contributed by atoms with Crippen molar-refractivity contribution in [2.24, 2.45) is 5.41 Å². The molecule has 0 N–H and O–H groups in total. The average molecular weight is 261 g/mol. The molecule has 0 saturated heterocycles. The van der Waals surface area contributed by atoms with Crippen molar-refractivity contribution in [3.63, 3.8) is 0 Å². The molecule has 0 unspecified atom stereocenters. The molecule has 1 heteroatoms. The lowest BCUT2D eigenvalue weighted by atomic mass is 9.91. The van der Waals surface area contributed by atoms with Crippen molar-refractivity contribution in [2.75, 3.05) is 6.54 Å². The van der Waals surface area contributed by atoms with Crippen molar-refractivity contribution in [3.8, 4) is 0 Å². The Hall–Kier alpha value is -0.820. The summed E-state index contributed by atoms with van der Waals surface area (Å²) >= 11 is 0. The maximum Gasteiger partial charge on any atom is 0.0241 e. The molecule has 19 heavy (non-hydrogen) atoms. The van der Waals surface area contributed by atoms with E-state index in [4.69, 9.17) is 0 Å².